The molecule has 1 fully saturated rings. The second kappa shape index (κ2) is 6.80. The van der Waals surface area contributed by atoms with E-state index < -0.39 is 0 Å². The summed E-state index contributed by atoms with van der Waals surface area (Å²) in [6.45, 7) is 4.80. The van der Waals surface area contributed by atoms with Crippen molar-refractivity contribution in [2.24, 2.45) is 0 Å². The van der Waals surface area contributed by atoms with Gasteiger partial charge in [-0.25, -0.2) is 9.97 Å². The van der Waals surface area contributed by atoms with Crippen LogP contribution in [0.4, 0.5) is 5.82 Å². The number of benzene rings is 1. The highest BCUT2D eigenvalue weighted by Gasteiger charge is 2.24. The van der Waals surface area contributed by atoms with Gasteiger partial charge in [0.1, 0.15) is 11.6 Å². The number of para-hydroxylation sites is 1. The Labute approximate surface area is 147 Å². The molecule has 6 nitrogen and oxygen atoms in total. The van der Waals surface area contributed by atoms with E-state index in [0.717, 1.165) is 36.4 Å². The number of aryl methyl sites for hydroxylation is 1. The lowest BCUT2D eigenvalue weighted by Gasteiger charge is -2.35. The third kappa shape index (κ3) is 3.49. The van der Waals surface area contributed by atoms with Gasteiger partial charge >= 0.3 is 0 Å². The maximum Gasteiger partial charge on any atom is 0.145 e. The van der Waals surface area contributed by atoms with Gasteiger partial charge in [0.25, 0.3) is 0 Å². The van der Waals surface area contributed by atoms with Crippen molar-refractivity contribution in [2.75, 3.05) is 12.3 Å². The molecule has 1 aromatic carbocycles. The zero-order valence-corrected chi connectivity index (χ0v) is 14.6. The van der Waals surface area contributed by atoms with Gasteiger partial charge in [0.05, 0.1) is 24.8 Å². The van der Waals surface area contributed by atoms with Crippen molar-refractivity contribution in [3.63, 3.8) is 0 Å². The fraction of sp³-hybridized carbons (Fsp3) is 0.421. The van der Waals surface area contributed by atoms with Crippen molar-refractivity contribution in [3.8, 4) is 0 Å². The molecule has 0 amide bonds. The molecule has 6 heteroatoms. The third-order valence-electron chi connectivity index (χ3n) is 4.93. The number of aromatic nitrogens is 4. The number of hydrogen-bond donors (Lipinski definition) is 1. The number of rotatable bonds is 4. The van der Waals surface area contributed by atoms with Gasteiger partial charge in [0, 0.05) is 17.6 Å². The minimum Gasteiger partial charge on any atom is -0.383 e. The van der Waals surface area contributed by atoms with Gasteiger partial charge < -0.3 is 5.73 Å². The van der Waals surface area contributed by atoms with Gasteiger partial charge in [-0.05, 0) is 44.0 Å². The predicted octanol–water partition coefficient (Wildman–Crippen LogP) is 2.77. The van der Waals surface area contributed by atoms with Crippen molar-refractivity contribution >= 4 is 16.7 Å². The second-order valence-corrected chi connectivity index (χ2v) is 6.90. The number of anilines is 1. The largest absolute Gasteiger partial charge is 0.383 e. The highest BCUT2D eigenvalue weighted by molar-refractivity contribution is 5.87. The molecule has 0 bridgehead atoms. The quantitative estimate of drug-likeness (QED) is 0.793. The molecule has 0 saturated carbocycles. The molecule has 130 valence electrons. The van der Waals surface area contributed by atoms with Crippen LogP contribution in [0.5, 0.6) is 0 Å². The summed E-state index contributed by atoms with van der Waals surface area (Å²) >= 11 is 0. The second-order valence-electron chi connectivity index (χ2n) is 6.90. The molecule has 2 N–H and O–H groups in total. The van der Waals surface area contributed by atoms with Crippen molar-refractivity contribution < 1.29 is 0 Å². The van der Waals surface area contributed by atoms with E-state index in [1.807, 2.05) is 35.1 Å². The molecule has 1 aliphatic heterocycles. The first-order chi connectivity index (χ1) is 12.2. The van der Waals surface area contributed by atoms with Gasteiger partial charge in [-0.2, -0.15) is 5.10 Å². The number of piperidine rings is 1. The van der Waals surface area contributed by atoms with Gasteiger partial charge in [0.15, 0.2) is 0 Å². The SMILES string of the molecule is Cc1cnn(C[C@H]2CCCCN2Cc2nc(N)c3ccccc3n2)c1. The third-order valence-corrected chi connectivity index (χ3v) is 4.93. The standard InChI is InChI=1S/C19H24N6/c1-14-10-21-25(11-14)12-15-6-4-5-9-24(15)13-18-22-17-8-3-2-7-16(17)19(20)23-18/h2-3,7-8,10-11,15H,4-6,9,12-13H2,1H3,(H2,20,22,23)/t15-/m1/s1. The Kier molecular flexibility index (Phi) is 4.36. The molecule has 1 saturated heterocycles. The van der Waals surface area contributed by atoms with Crippen LogP contribution in [-0.2, 0) is 13.1 Å². The van der Waals surface area contributed by atoms with Crippen LogP contribution in [0.15, 0.2) is 36.7 Å². The molecule has 25 heavy (non-hydrogen) atoms. The Balaban J connectivity index is 1.55. The summed E-state index contributed by atoms with van der Waals surface area (Å²) in [7, 11) is 0. The van der Waals surface area contributed by atoms with Crippen LogP contribution in [0.1, 0.15) is 30.7 Å². The molecule has 4 rings (SSSR count). The summed E-state index contributed by atoms with van der Waals surface area (Å²) in [5.41, 5.74) is 8.26. The minimum absolute atomic E-state index is 0.462. The molecule has 1 aliphatic rings. The maximum absolute atomic E-state index is 6.14. The Morgan fingerprint density at radius 1 is 1.20 bits per heavy atom. The molecule has 1 atom stereocenters. The molecule has 0 aliphatic carbocycles. The Hall–Kier alpha value is -2.47. The fourth-order valence-electron chi connectivity index (χ4n) is 3.66. The number of nitrogens with two attached hydrogens (primary N) is 1. The maximum atomic E-state index is 6.14. The zero-order valence-electron chi connectivity index (χ0n) is 14.6. The highest BCUT2D eigenvalue weighted by atomic mass is 15.3. The molecule has 0 unspecified atom stereocenters. The summed E-state index contributed by atoms with van der Waals surface area (Å²) in [4.78, 5) is 11.7. The van der Waals surface area contributed by atoms with Crippen molar-refractivity contribution in [1.29, 1.82) is 0 Å². The summed E-state index contributed by atoms with van der Waals surface area (Å²) < 4.78 is 2.05. The number of nitrogens with zero attached hydrogens (tertiary/aromatic N) is 5. The first-order valence-corrected chi connectivity index (χ1v) is 8.93. The monoisotopic (exact) mass is 336 g/mol. The molecule has 0 radical (unpaired) electrons. The normalized spacial score (nSPS) is 18.7. The smallest absolute Gasteiger partial charge is 0.145 e. The highest BCUT2D eigenvalue weighted by Crippen LogP contribution is 2.22. The molecule has 2 aromatic heterocycles. The minimum atomic E-state index is 0.462. The van der Waals surface area contributed by atoms with E-state index in [1.165, 1.54) is 24.8 Å². The van der Waals surface area contributed by atoms with Crippen LogP contribution in [0.3, 0.4) is 0 Å². The predicted molar refractivity (Wildman–Crippen MR) is 99.0 cm³/mol. The lowest BCUT2D eigenvalue weighted by molar-refractivity contribution is 0.119. The Morgan fingerprint density at radius 2 is 2.08 bits per heavy atom. The number of fused-ring (bicyclic) bond motifs is 1. The summed E-state index contributed by atoms with van der Waals surface area (Å²) in [5.74, 6) is 1.37. The van der Waals surface area contributed by atoms with E-state index in [9.17, 15) is 0 Å². The van der Waals surface area contributed by atoms with Crippen molar-refractivity contribution in [1.82, 2.24) is 24.6 Å². The van der Waals surface area contributed by atoms with Crippen molar-refractivity contribution in [2.45, 2.75) is 45.3 Å². The number of likely N-dealkylation sites (tertiary alicyclic amines) is 1. The van der Waals surface area contributed by atoms with Crippen LogP contribution in [0.25, 0.3) is 10.9 Å². The Morgan fingerprint density at radius 3 is 2.92 bits per heavy atom. The Bertz CT molecular complexity index is 871. The van der Waals surface area contributed by atoms with Gasteiger partial charge in [-0.15, -0.1) is 0 Å². The summed E-state index contributed by atoms with van der Waals surface area (Å²) in [6.07, 6.45) is 7.69. The van der Waals surface area contributed by atoms with E-state index in [4.69, 9.17) is 10.7 Å². The van der Waals surface area contributed by atoms with E-state index >= 15 is 0 Å². The zero-order chi connectivity index (χ0) is 17.2. The van der Waals surface area contributed by atoms with Crippen molar-refractivity contribution in [3.05, 3.63) is 48.0 Å². The van der Waals surface area contributed by atoms with E-state index in [0.29, 0.717) is 11.9 Å². The van der Waals surface area contributed by atoms with Crippen LogP contribution in [0.2, 0.25) is 0 Å². The van der Waals surface area contributed by atoms with Gasteiger partial charge in [-0.1, -0.05) is 18.6 Å². The lowest BCUT2D eigenvalue weighted by Crippen LogP contribution is -2.42. The number of nitrogen functional groups attached to an aromatic ring is 1. The van der Waals surface area contributed by atoms with Crippen LogP contribution in [0, 0.1) is 6.92 Å². The van der Waals surface area contributed by atoms with E-state index in [1.54, 1.807) is 0 Å². The summed E-state index contributed by atoms with van der Waals surface area (Å²) in [5, 5.41) is 5.37. The first-order valence-electron chi connectivity index (χ1n) is 8.93. The fourth-order valence-corrected chi connectivity index (χ4v) is 3.66. The van der Waals surface area contributed by atoms with Crippen LogP contribution < -0.4 is 5.73 Å². The topological polar surface area (TPSA) is 72.9 Å². The van der Waals surface area contributed by atoms with Gasteiger partial charge in [-0.3, -0.25) is 9.58 Å². The van der Waals surface area contributed by atoms with Crippen LogP contribution >= 0.6 is 0 Å². The molecule has 3 aromatic rings. The van der Waals surface area contributed by atoms with E-state index in [-0.39, 0.29) is 0 Å². The average molecular weight is 336 g/mol. The van der Waals surface area contributed by atoms with Gasteiger partial charge in [0.2, 0.25) is 0 Å². The molecular weight excluding hydrogens is 312 g/mol. The molecular formula is C19H24N6. The lowest BCUT2D eigenvalue weighted by atomic mass is 10.0. The summed E-state index contributed by atoms with van der Waals surface area (Å²) in [6, 6.07) is 8.39. The molecule has 0 spiro atoms. The number of hydrogen-bond acceptors (Lipinski definition) is 5. The van der Waals surface area contributed by atoms with E-state index in [2.05, 4.69) is 28.1 Å². The molecule has 3 heterocycles. The van der Waals surface area contributed by atoms with Crippen LogP contribution in [-0.4, -0.2) is 37.2 Å². The first kappa shape index (κ1) is 16.0. The average Bonchev–Trinajstić information content (AvgIpc) is 3.02.